The van der Waals surface area contributed by atoms with Gasteiger partial charge >= 0.3 is 0 Å². The van der Waals surface area contributed by atoms with E-state index in [4.69, 9.17) is 9.92 Å². The number of benzene rings is 1. The Morgan fingerprint density at radius 1 is 1.50 bits per heavy atom. The molecule has 14 heavy (non-hydrogen) atoms. The van der Waals surface area contributed by atoms with E-state index in [9.17, 15) is 9.32 Å². The molecule has 4 N–H and O–H groups in total. The predicted molar refractivity (Wildman–Crippen MR) is 55.0 cm³/mol. The molecule has 0 bridgehead atoms. The number of hydrogen-bond donors (Lipinski definition) is 3. The highest BCUT2D eigenvalue weighted by Gasteiger charge is 2.17. The largest absolute Gasteiger partial charge is 0.386 e. The van der Waals surface area contributed by atoms with Gasteiger partial charge in [-0.25, -0.2) is 14.1 Å². The second-order valence-corrected chi connectivity index (χ2v) is 5.36. The molecule has 0 saturated carbocycles. The maximum Gasteiger partial charge on any atom is 0.132 e. The first-order valence-corrected chi connectivity index (χ1v) is 5.73. The Morgan fingerprint density at radius 2 is 2.07 bits per heavy atom. The second-order valence-electron chi connectivity index (χ2n) is 3.69. The fourth-order valence-corrected chi connectivity index (χ4v) is 1.65. The van der Waals surface area contributed by atoms with E-state index in [1.165, 1.54) is 12.1 Å². The molecule has 0 aliphatic carbocycles. The maximum absolute atomic E-state index is 11.2. The summed E-state index contributed by atoms with van der Waals surface area (Å²) in [7, 11) is -3.20. The lowest BCUT2D eigenvalue weighted by Gasteiger charge is -2.18. The van der Waals surface area contributed by atoms with E-state index < -0.39 is 15.5 Å². The Labute approximate surface area is 83.9 Å². The van der Waals surface area contributed by atoms with Crippen LogP contribution in [0.1, 0.15) is 19.4 Å². The van der Waals surface area contributed by atoms with Crippen LogP contribution in [-0.4, -0.2) is 9.32 Å². The van der Waals surface area contributed by atoms with Crippen molar-refractivity contribution in [3.63, 3.8) is 0 Å². The van der Waals surface area contributed by atoms with Crippen molar-refractivity contribution in [2.75, 3.05) is 0 Å². The summed E-state index contributed by atoms with van der Waals surface area (Å²) in [4.78, 5) is 0.233. The molecular weight excluding hydrogens is 200 g/mol. The second kappa shape index (κ2) is 3.34. The lowest BCUT2D eigenvalue weighted by atomic mass is 9.99. The molecule has 0 fully saturated rings. The van der Waals surface area contributed by atoms with Crippen molar-refractivity contribution in [3.8, 4) is 0 Å². The van der Waals surface area contributed by atoms with Crippen LogP contribution >= 0.6 is 0 Å². The Bertz CT molecular complexity index is 432. The minimum Gasteiger partial charge on any atom is -0.386 e. The zero-order valence-corrected chi connectivity index (χ0v) is 8.97. The van der Waals surface area contributed by atoms with Gasteiger partial charge in [0, 0.05) is 0 Å². The van der Waals surface area contributed by atoms with Gasteiger partial charge in [-0.15, -0.1) is 0 Å². The molecule has 1 unspecified atom stereocenters. The number of rotatable bonds is 2. The van der Waals surface area contributed by atoms with Crippen LogP contribution in [0.4, 0.5) is 0 Å². The Morgan fingerprint density at radius 3 is 2.50 bits per heavy atom. The van der Waals surface area contributed by atoms with E-state index in [0.717, 1.165) is 0 Å². The van der Waals surface area contributed by atoms with Gasteiger partial charge in [-0.3, -0.25) is 0 Å². The lowest BCUT2D eigenvalue weighted by molar-refractivity contribution is 0.0784. The molecule has 1 rings (SSSR count). The molecule has 1 aromatic rings. The first-order valence-electron chi connectivity index (χ1n) is 4.11. The van der Waals surface area contributed by atoms with Gasteiger partial charge in [0.1, 0.15) is 9.92 Å². The topological polar surface area (TPSA) is 87.2 Å². The molecule has 0 amide bonds. The van der Waals surface area contributed by atoms with E-state index in [2.05, 4.69) is 0 Å². The molecule has 0 radical (unpaired) electrons. The van der Waals surface area contributed by atoms with Crippen LogP contribution in [0.5, 0.6) is 0 Å². The van der Waals surface area contributed by atoms with Crippen molar-refractivity contribution in [2.24, 2.45) is 5.14 Å². The first kappa shape index (κ1) is 11.2. The SMILES string of the molecule is CC(C)(O)c1cccc(S(=N)(N)=O)c1. The highest BCUT2D eigenvalue weighted by molar-refractivity contribution is 7.90. The third-order valence-electron chi connectivity index (χ3n) is 1.89. The molecule has 0 spiro atoms. The Kier molecular flexibility index (Phi) is 2.67. The Hall–Kier alpha value is -0.910. The predicted octanol–water partition coefficient (Wildman–Crippen LogP) is 1.19. The molecule has 4 nitrogen and oxygen atoms in total. The van der Waals surface area contributed by atoms with Gasteiger partial charge in [-0.2, -0.15) is 0 Å². The minimum atomic E-state index is -3.20. The van der Waals surface area contributed by atoms with Gasteiger partial charge in [0.25, 0.3) is 0 Å². The molecule has 78 valence electrons. The first-order chi connectivity index (χ1) is 6.21. The van der Waals surface area contributed by atoms with Gasteiger partial charge in [0.15, 0.2) is 0 Å². The van der Waals surface area contributed by atoms with Crippen LogP contribution in [0.25, 0.3) is 0 Å². The maximum atomic E-state index is 11.2. The third-order valence-corrected chi connectivity index (χ3v) is 2.84. The molecular formula is C9H14N2O2S. The van der Waals surface area contributed by atoms with E-state index in [0.29, 0.717) is 5.56 Å². The summed E-state index contributed by atoms with van der Waals surface area (Å²) >= 11 is 0. The average molecular weight is 214 g/mol. The van der Waals surface area contributed by atoms with Crippen LogP contribution in [0.3, 0.4) is 0 Å². The molecule has 0 saturated heterocycles. The molecule has 0 aliphatic heterocycles. The summed E-state index contributed by atoms with van der Waals surface area (Å²) in [6.07, 6.45) is 0. The minimum absolute atomic E-state index is 0.233. The summed E-state index contributed by atoms with van der Waals surface area (Å²) in [5.41, 5.74) is -0.416. The fraction of sp³-hybridized carbons (Fsp3) is 0.333. The van der Waals surface area contributed by atoms with Gasteiger partial charge < -0.3 is 5.11 Å². The summed E-state index contributed by atoms with van der Waals surface area (Å²) < 4.78 is 18.4. The summed E-state index contributed by atoms with van der Waals surface area (Å²) in [6, 6.07) is 6.35. The molecule has 0 heterocycles. The van der Waals surface area contributed by atoms with Crippen LogP contribution in [0, 0.1) is 4.78 Å². The van der Waals surface area contributed by atoms with Gasteiger partial charge in [-0.1, -0.05) is 12.1 Å². The van der Waals surface area contributed by atoms with Crippen LogP contribution in [-0.2, 0) is 15.5 Å². The fourth-order valence-electron chi connectivity index (χ4n) is 1.07. The van der Waals surface area contributed by atoms with Crippen LogP contribution in [0.2, 0.25) is 0 Å². The lowest BCUT2D eigenvalue weighted by Crippen LogP contribution is -2.17. The summed E-state index contributed by atoms with van der Waals surface area (Å²) in [5, 5.41) is 14.9. The number of nitrogens with one attached hydrogen (secondary N) is 1. The standard InChI is InChI=1S/C9H14N2O2S/c1-9(2,12)7-4-3-5-8(6-7)14(10,11)13/h3-6,12H,1-2H3,(H3,10,11,13). The molecule has 5 heteroatoms. The van der Waals surface area contributed by atoms with Gasteiger partial charge in [0.2, 0.25) is 0 Å². The van der Waals surface area contributed by atoms with E-state index in [-0.39, 0.29) is 4.90 Å². The average Bonchev–Trinajstić information content (AvgIpc) is 2.01. The van der Waals surface area contributed by atoms with E-state index in [1.54, 1.807) is 26.0 Å². The van der Waals surface area contributed by atoms with Gasteiger partial charge in [-0.05, 0) is 31.5 Å². The highest BCUT2D eigenvalue weighted by atomic mass is 32.2. The number of aliphatic hydroxyl groups is 1. The van der Waals surface area contributed by atoms with Crippen molar-refractivity contribution in [2.45, 2.75) is 24.3 Å². The van der Waals surface area contributed by atoms with Crippen molar-refractivity contribution in [3.05, 3.63) is 29.8 Å². The monoisotopic (exact) mass is 214 g/mol. The molecule has 0 aliphatic rings. The quantitative estimate of drug-likeness (QED) is 0.690. The normalized spacial score (nSPS) is 16.3. The highest BCUT2D eigenvalue weighted by Crippen LogP contribution is 2.21. The van der Waals surface area contributed by atoms with E-state index >= 15 is 0 Å². The Balaban J connectivity index is 3.29. The van der Waals surface area contributed by atoms with Crippen molar-refractivity contribution >= 4 is 9.92 Å². The smallest absolute Gasteiger partial charge is 0.132 e. The zero-order valence-electron chi connectivity index (χ0n) is 8.15. The summed E-state index contributed by atoms with van der Waals surface area (Å²) in [5.74, 6) is 0. The molecule has 1 aromatic carbocycles. The van der Waals surface area contributed by atoms with Crippen LogP contribution < -0.4 is 5.14 Å². The van der Waals surface area contributed by atoms with Crippen molar-refractivity contribution in [1.29, 1.82) is 4.78 Å². The van der Waals surface area contributed by atoms with Gasteiger partial charge in [0.05, 0.1) is 10.5 Å². The molecule has 1 atom stereocenters. The van der Waals surface area contributed by atoms with Crippen molar-refractivity contribution < 1.29 is 9.32 Å². The number of hydrogen-bond acceptors (Lipinski definition) is 3. The summed E-state index contributed by atoms with van der Waals surface area (Å²) in [6.45, 7) is 3.24. The van der Waals surface area contributed by atoms with E-state index in [1.807, 2.05) is 0 Å². The number of nitrogens with two attached hydrogens (primary N) is 1. The zero-order chi connectivity index (χ0) is 11.0. The van der Waals surface area contributed by atoms with Crippen LogP contribution in [0.15, 0.2) is 29.2 Å². The molecule has 0 aromatic heterocycles. The van der Waals surface area contributed by atoms with Crippen molar-refractivity contribution in [1.82, 2.24) is 0 Å². The third kappa shape index (κ3) is 2.54.